The van der Waals surface area contributed by atoms with Crippen LogP contribution < -0.4 is 15.0 Å². The summed E-state index contributed by atoms with van der Waals surface area (Å²) in [6.07, 6.45) is 0.0278. The summed E-state index contributed by atoms with van der Waals surface area (Å²) in [7, 11) is 1.86. The molecular formula is C15H22N2O2. The van der Waals surface area contributed by atoms with Gasteiger partial charge in [-0.2, -0.15) is 0 Å². The van der Waals surface area contributed by atoms with Crippen LogP contribution in [0.5, 0.6) is 5.75 Å². The number of carbonyl (C=O) groups excluding carboxylic acids is 1. The number of rotatable bonds is 3. The minimum absolute atomic E-state index is 0.0278. The molecule has 1 N–H and O–H groups in total. The Bertz CT molecular complexity index is 473. The molecule has 1 heterocycles. The van der Waals surface area contributed by atoms with Crippen LogP contribution in [-0.2, 0) is 4.79 Å². The van der Waals surface area contributed by atoms with Gasteiger partial charge in [-0.25, -0.2) is 0 Å². The molecule has 2 rings (SSSR count). The monoisotopic (exact) mass is 262 g/mol. The van der Waals surface area contributed by atoms with E-state index in [0.717, 1.165) is 17.0 Å². The molecule has 2 atom stereocenters. The van der Waals surface area contributed by atoms with Crippen molar-refractivity contribution in [3.63, 3.8) is 0 Å². The first-order chi connectivity index (χ1) is 9.02. The molecular weight excluding hydrogens is 240 g/mol. The van der Waals surface area contributed by atoms with Gasteiger partial charge in [0.05, 0.1) is 12.2 Å². The van der Waals surface area contributed by atoms with Gasteiger partial charge in [0, 0.05) is 12.5 Å². The zero-order chi connectivity index (χ0) is 14.0. The van der Waals surface area contributed by atoms with Crippen molar-refractivity contribution in [2.45, 2.75) is 26.9 Å². The highest BCUT2D eigenvalue weighted by Gasteiger charge is 2.29. The van der Waals surface area contributed by atoms with Crippen molar-refractivity contribution in [3.8, 4) is 5.75 Å². The van der Waals surface area contributed by atoms with Crippen LogP contribution in [0.4, 0.5) is 5.69 Å². The number of ether oxygens (including phenoxy) is 1. The van der Waals surface area contributed by atoms with Gasteiger partial charge in [0.25, 0.3) is 0 Å². The van der Waals surface area contributed by atoms with E-state index in [1.165, 1.54) is 0 Å². The maximum atomic E-state index is 12.5. The topological polar surface area (TPSA) is 41.6 Å². The predicted molar refractivity (Wildman–Crippen MR) is 76.7 cm³/mol. The number of aryl methyl sites for hydroxylation is 1. The molecule has 0 saturated carbocycles. The third-order valence-electron chi connectivity index (χ3n) is 3.37. The summed E-state index contributed by atoms with van der Waals surface area (Å²) in [6.45, 7) is 7.27. The molecule has 104 valence electrons. The quantitative estimate of drug-likeness (QED) is 0.905. The van der Waals surface area contributed by atoms with Gasteiger partial charge in [0.2, 0.25) is 5.91 Å². The summed E-state index contributed by atoms with van der Waals surface area (Å²) in [5, 5.41) is 3.05. The van der Waals surface area contributed by atoms with E-state index in [9.17, 15) is 4.79 Å². The molecule has 1 aliphatic heterocycles. The lowest BCUT2D eigenvalue weighted by molar-refractivity contribution is -0.122. The Kier molecular flexibility index (Phi) is 4.10. The van der Waals surface area contributed by atoms with Gasteiger partial charge in [-0.05, 0) is 38.6 Å². The number of benzene rings is 1. The number of carbonyl (C=O) groups is 1. The molecule has 0 bridgehead atoms. The fraction of sp³-hybridized carbons (Fsp3) is 0.533. The molecule has 2 unspecified atom stereocenters. The Balaban J connectivity index is 2.30. The maximum Gasteiger partial charge on any atom is 0.231 e. The van der Waals surface area contributed by atoms with Gasteiger partial charge in [-0.3, -0.25) is 4.79 Å². The lowest BCUT2D eigenvalue weighted by Gasteiger charge is -2.35. The summed E-state index contributed by atoms with van der Waals surface area (Å²) in [5.41, 5.74) is 2.03. The molecule has 0 aromatic heterocycles. The number of amides is 1. The van der Waals surface area contributed by atoms with Crippen LogP contribution >= 0.6 is 0 Å². The first-order valence-corrected chi connectivity index (χ1v) is 6.76. The molecule has 1 amide bonds. The van der Waals surface area contributed by atoms with Crippen LogP contribution in [0.25, 0.3) is 0 Å². The van der Waals surface area contributed by atoms with Gasteiger partial charge in [0.1, 0.15) is 11.9 Å². The lowest BCUT2D eigenvalue weighted by atomic mass is 10.1. The van der Waals surface area contributed by atoms with E-state index >= 15 is 0 Å². The minimum Gasteiger partial charge on any atom is -0.487 e. The number of fused-ring (bicyclic) bond motifs is 1. The van der Waals surface area contributed by atoms with Crippen molar-refractivity contribution in [1.29, 1.82) is 0 Å². The number of hydrogen-bond donors (Lipinski definition) is 1. The summed E-state index contributed by atoms with van der Waals surface area (Å²) in [5.74, 6) is 0.919. The maximum absolute atomic E-state index is 12.5. The van der Waals surface area contributed by atoms with E-state index in [0.29, 0.717) is 13.1 Å². The van der Waals surface area contributed by atoms with Gasteiger partial charge >= 0.3 is 0 Å². The average Bonchev–Trinajstić information content (AvgIpc) is 2.36. The molecule has 0 aliphatic carbocycles. The molecule has 1 aromatic carbocycles. The standard InChI is InChI=1S/C15H22N2O2/c1-10-5-6-13-14(7-10)19-12(3)9-17(13)15(18)11(2)8-16-4/h5-7,11-12,16H,8-9H2,1-4H3. The fourth-order valence-corrected chi connectivity index (χ4v) is 2.42. The average molecular weight is 262 g/mol. The largest absolute Gasteiger partial charge is 0.487 e. The van der Waals surface area contributed by atoms with Gasteiger partial charge in [-0.1, -0.05) is 13.0 Å². The predicted octanol–water partition coefficient (Wildman–Crippen LogP) is 1.96. The SMILES string of the molecule is CNCC(C)C(=O)N1CC(C)Oc2cc(C)ccc21. The Labute approximate surface area is 114 Å². The first-order valence-electron chi connectivity index (χ1n) is 6.76. The fourth-order valence-electron chi connectivity index (χ4n) is 2.42. The molecule has 1 aromatic rings. The highest BCUT2D eigenvalue weighted by Crippen LogP contribution is 2.34. The molecule has 4 nitrogen and oxygen atoms in total. The van der Waals surface area contributed by atoms with Gasteiger partial charge < -0.3 is 15.0 Å². The Morgan fingerprint density at radius 1 is 1.58 bits per heavy atom. The van der Waals surface area contributed by atoms with Crippen molar-refractivity contribution in [2.24, 2.45) is 5.92 Å². The number of nitrogens with one attached hydrogen (secondary N) is 1. The van der Waals surface area contributed by atoms with Crippen LogP contribution in [0, 0.1) is 12.8 Å². The van der Waals surface area contributed by atoms with Crippen LogP contribution in [0.3, 0.4) is 0 Å². The smallest absolute Gasteiger partial charge is 0.231 e. The zero-order valence-corrected chi connectivity index (χ0v) is 12.1. The van der Waals surface area contributed by atoms with Crippen molar-refractivity contribution >= 4 is 11.6 Å². The van der Waals surface area contributed by atoms with Gasteiger partial charge in [0.15, 0.2) is 0 Å². The molecule has 0 radical (unpaired) electrons. The van der Waals surface area contributed by atoms with E-state index in [-0.39, 0.29) is 17.9 Å². The third kappa shape index (κ3) is 2.89. The normalized spacial score (nSPS) is 19.6. The van der Waals surface area contributed by atoms with E-state index in [1.54, 1.807) is 0 Å². The summed E-state index contributed by atoms with van der Waals surface area (Å²) in [6, 6.07) is 5.98. The Morgan fingerprint density at radius 2 is 2.32 bits per heavy atom. The second-order valence-electron chi connectivity index (χ2n) is 5.31. The first kappa shape index (κ1) is 13.9. The molecule has 1 aliphatic rings. The van der Waals surface area contributed by atoms with Crippen LogP contribution in [0.2, 0.25) is 0 Å². The minimum atomic E-state index is -0.0375. The van der Waals surface area contributed by atoms with E-state index in [1.807, 2.05) is 50.9 Å². The summed E-state index contributed by atoms with van der Waals surface area (Å²) >= 11 is 0. The molecule has 19 heavy (non-hydrogen) atoms. The molecule has 0 saturated heterocycles. The Hall–Kier alpha value is -1.55. The number of anilines is 1. The van der Waals surface area contributed by atoms with Crippen LogP contribution in [0.15, 0.2) is 18.2 Å². The summed E-state index contributed by atoms with van der Waals surface area (Å²) in [4.78, 5) is 14.4. The van der Waals surface area contributed by atoms with E-state index in [4.69, 9.17) is 4.74 Å². The molecule has 0 spiro atoms. The van der Waals surface area contributed by atoms with Crippen LogP contribution in [0.1, 0.15) is 19.4 Å². The molecule has 4 heteroatoms. The summed E-state index contributed by atoms with van der Waals surface area (Å²) < 4.78 is 5.82. The van der Waals surface area contributed by atoms with Crippen molar-refractivity contribution in [1.82, 2.24) is 5.32 Å². The van der Waals surface area contributed by atoms with Crippen molar-refractivity contribution in [3.05, 3.63) is 23.8 Å². The van der Waals surface area contributed by atoms with Gasteiger partial charge in [-0.15, -0.1) is 0 Å². The molecule has 0 fully saturated rings. The highest BCUT2D eigenvalue weighted by atomic mass is 16.5. The second-order valence-corrected chi connectivity index (χ2v) is 5.31. The zero-order valence-electron chi connectivity index (χ0n) is 12.1. The van der Waals surface area contributed by atoms with Crippen molar-refractivity contribution in [2.75, 3.05) is 25.0 Å². The van der Waals surface area contributed by atoms with E-state index in [2.05, 4.69) is 5.32 Å². The van der Waals surface area contributed by atoms with E-state index < -0.39 is 0 Å². The Morgan fingerprint density at radius 3 is 3.00 bits per heavy atom. The number of hydrogen-bond acceptors (Lipinski definition) is 3. The second kappa shape index (κ2) is 5.61. The van der Waals surface area contributed by atoms with Crippen LogP contribution in [-0.4, -0.2) is 32.1 Å². The highest BCUT2D eigenvalue weighted by molar-refractivity contribution is 5.97. The lowest BCUT2D eigenvalue weighted by Crippen LogP contribution is -2.46. The number of nitrogens with zero attached hydrogens (tertiary/aromatic N) is 1. The van der Waals surface area contributed by atoms with Crippen molar-refractivity contribution < 1.29 is 9.53 Å². The third-order valence-corrected chi connectivity index (χ3v) is 3.37.